The van der Waals surface area contributed by atoms with Crippen molar-refractivity contribution in [2.75, 3.05) is 20.1 Å². The molecule has 0 unspecified atom stereocenters. The number of benzene rings is 1. The van der Waals surface area contributed by atoms with E-state index in [0.717, 1.165) is 18.4 Å². The lowest BCUT2D eigenvalue weighted by atomic mass is 9.91. The van der Waals surface area contributed by atoms with Gasteiger partial charge in [-0.15, -0.1) is 0 Å². The molecule has 2 aromatic rings. The summed E-state index contributed by atoms with van der Waals surface area (Å²) in [4.78, 5) is 20.5. The lowest BCUT2D eigenvalue weighted by molar-refractivity contribution is 0.0540. The predicted molar refractivity (Wildman–Crippen MR) is 95.8 cm³/mol. The number of aryl methyl sites for hydroxylation is 1. The summed E-state index contributed by atoms with van der Waals surface area (Å²) in [6, 6.07) is 10.0. The first kappa shape index (κ1) is 17.5. The molecule has 1 atom stereocenters. The molecule has 1 aliphatic heterocycles. The zero-order valence-electron chi connectivity index (χ0n) is 14.9. The van der Waals surface area contributed by atoms with E-state index < -0.39 is 6.10 Å². The third-order valence-corrected chi connectivity index (χ3v) is 4.97. The quantitative estimate of drug-likeness (QED) is 0.928. The second-order valence-corrected chi connectivity index (χ2v) is 6.79. The second-order valence-electron chi connectivity index (χ2n) is 6.79. The molecule has 1 aliphatic rings. The van der Waals surface area contributed by atoms with Gasteiger partial charge in [0.15, 0.2) is 0 Å². The van der Waals surface area contributed by atoms with Crippen LogP contribution in [0, 0.1) is 5.92 Å². The van der Waals surface area contributed by atoms with Crippen LogP contribution >= 0.6 is 0 Å². The number of rotatable bonds is 4. The predicted octanol–water partition coefficient (Wildman–Crippen LogP) is 2.42. The molecule has 1 saturated heterocycles. The molecule has 0 radical (unpaired) electrons. The van der Waals surface area contributed by atoms with Gasteiger partial charge in [-0.05, 0) is 24.3 Å². The number of hydrogen-bond donors (Lipinski definition) is 1. The molecule has 1 N–H and O–H groups in total. The van der Waals surface area contributed by atoms with Gasteiger partial charge in [0.1, 0.15) is 11.9 Å². The van der Waals surface area contributed by atoms with Crippen LogP contribution in [0.15, 0.2) is 42.7 Å². The van der Waals surface area contributed by atoms with Crippen LogP contribution in [-0.2, 0) is 13.6 Å². The Morgan fingerprint density at radius 2 is 2.00 bits per heavy atom. The van der Waals surface area contributed by atoms with Crippen molar-refractivity contribution in [2.24, 2.45) is 13.0 Å². The number of imidazole rings is 1. The Kier molecular flexibility index (Phi) is 5.38. The summed E-state index contributed by atoms with van der Waals surface area (Å²) < 4.78 is 1.86. The van der Waals surface area contributed by atoms with Crippen molar-refractivity contribution in [1.29, 1.82) is 0 Å². The minimum Gasteiger partial charge on any atom is -0.385 e. The zero-order chi connectivity index (χ0) is 17.8. The average molecular weight is 342 g/mol. The summed E-state index contributed by atoms with van der Waals surface area (Å²) in [7, 11) is 3.73. The van der Waals surface area contributed by atoms with Crippen molar-refractivity contribution >= 4 is 6.03 Å². The van der Waals surface area contributed by atoms with E-state index in [-0.39, 0.29) is 11.9 Å². The van der Waals surface area contributed by atoms with Crippen LogP contribution in [0.25, 0.3) is 0 Å². The van der Waals surface area contributed by atoms with E-state index in [9.17, 15) is 9.90 Å². The zero-order valence-corrected chi connectivity index (χ0v) is 14.9. The molecule has 3 rings (SSSR count). The molecule has 6 nitrogen and oxygen atoms in total. The van der Waals surface area contributed by atoms with Crippen LogP contribution in [0.5, 0.6) is 0 Å². The lowest BCUT2D eigenvalue weighted by Gasteiger charge is -2.36. The molecule has 0 bridgehead atoms. The number of amides is 2. The highest BCUT2D eigenvalue weighted by Gasteiger charge is 2.30. The molecule has 6 heteroatoms. The largest absolute Gasteiger partial charge is 0.385 e. The standard InChI is InChI=1S/C19H26N4O2/c1-21-13-10-20-18(21)17(24)16-8-11-23(12-9-16)19(25)22(2)14-15-6-4-3-5-7-15/h3-7,10,13,16-17,24H,8-9,11-12,14H2,1-2H3/t17-/m0/s1. The second kappa shape index (κ2) is 7.70. The number of aliphatic hydroxyl groups excluding tert-OH is 1. The van der Waals surface area contributed by atoms with Crippen molar-refractivity contribution in [3.63, 3.8) is 0 Å². The molecular weight excluding hydrogens is 316 g/mol. The molecule has 1 fully saturated rings. The highest BCUT2D eigenvalue weighted by atomic mass is 16.3. The minimum atomic E-state index is -0.570. The van der Waals surface area contributed by atoms with Crippen LogP contribution in [0.2, 0.25) is 0 Å². The minimum absolute atomic E-state index is 0.0498. The number of urea groups is 1. The number of aliphatic hydroxyl groups is 1. The van der Waals surface area contributed by atoms with Gasteiger partial charge in [0, 0.05) is 46.1 Å². The van der Waals surface area contributed by atoms with Gasteiger partial charge < -0.3 is 19.5 Å². The topological polar surface area (TPSA) is 61.6 Å². The average Bonchev–Trinajstić information content (AvgIpc) is 3.07. The molecule has 25 heavy (non-hydrogen) atoms. The molecule has 134 valence electrons. The Bertz CT molecular complexity index is 692. The molecule has 2 amide bonds. The van der Waals surface area contributed by atoms with Gasteiger partial charge in [-0.3, -0.25) is 0 Å². The Hall–Kier alpha value is -2.34. The van der Waals surface area contributed by atoms with Gasteiger partial charge in [0.2, 0.25) is 0 Å². The fraction of sp³-hybridized carbons (Fsp3) is 0.474. The number of nitrogens with zero attached hydrogens (tertiary/aromatic N) is 4. The number of aromatic nitrogens is 2. The van der Waals surface area contributed by atoms with Crippen LogP contribution in [0.4, 0.5) is 4.79 Å². The van der Waals surface area contributed by atoms with Crippen molar-refractivity contribution < 1.29 is 9.90 Å². The Balaban J connectivity index is 1.53. The lowest BCUT2D eigenvalue weighted by Crippen LogP contribution is -2.45. The molecule has 0 aliphatic carbocycles. The van der Waals surface area contributed by atoms with E-state index in [1.54, 1.807) is 11.1 Å². The molecule has 0 saturated carbocycles. The normalized spacial score (nSPS) is 16.7. The van der Waals surface area contributed by atoms with Crippen LogP contribution in [-0.4, -0.2) is 50.6 Å². The summed E-state index contributed by atoms with van der Waals surface area (Å²) in [6.45, 7) is 1.95. The fourth-order valence-corrected chi connectivity index (χ4v) is 3.45. The SMILES string of the molecule is CN(Cc1ccccc1)C(=O)N1CCC([C@H](O)c2nccn2C)CC1. The van der Waals surface area contributed by atoms with Crippen molar-refractivity contribution in [3.05, 3.63) is 54.1 Å². The highest BCUT2D eigenvalue weighted by molar-refractivity contribution is 5.74. The summed E-state index contributed by atoms with van der Waals surface area (Å²) in [5.74, 6) is 0.843. The Morgan fingerprint density at radius 1 is 1.32 bits per heavy atom. The summed E-state index contributed by atoms with van der Waals surface area (Å²) in [5, 5.41) is 10.5. The first-order valence-corrected chi connectivity index (χ1v) is 8.75. The first-order chi connectivity index (χ1) is 12.1. The third kappa shape index (κ3) is 4.02. The van der Waals surface area contributed by atoms with E-state index >= 15 is 0 Å². The molecule has 1 aromatic carbocycles. The van der Waals surface area contributed by atoms with Crippen LogP contribution in [0.1, 0.15) is 30.3 Å². The number of hydrogen-bond acceptors (Lipinski definition) is 3. The Morgan fingerprint density at radius 3 is 2.60 bits per heavy atom. The van der Waals surface area contributed by atoms with Crippen molar-refractivity contribution in [3.8, 4) is 0 Å². The summed E-state index contributed by atoms with van der Waals surface area (Å²) >= 11 is 0. The first-order valence-electron chi connectivity index (χ1n) is 8.75. The maximum Gasteiger partial charge on any atom is 0.320 e. The summed E-state index contributed by atoms with van der Waals surface area (Å²) in [6.07, 6.45) is 4.56. The number of carbonyl (C=O) groups excluding carboxylic acids is 1. The smallest absolute Gasteiger partial charge is 0.320 e. The van der Waals surface area contributed by atoms with Gasteiger partial charge in [0.05, 0.1) is 0 Å². The van der Waals surface area contributed by atoms with Crippen LogP contribution in [0.3, 0.4) is 0 Å². The maximum atomic E-state index is 12.6. The van der Waals surface area contributed by atoms with Crippen LogP contribution < -0.4 is 0 Å². The van der Waals surface area contributed by atoms with E-state index in [1.165, 1.54) is 0 Å². The van der Waals surface area contributed by atoms with Gasteiger partial charge in [-0.2, -0.15) is 0 Å². The van der Waals surface area contributed by atoms with Crippen molar-refractivity contribution in [1.82, 2.24) is 19.4 Å². The molecule has 2 heterocycles. The van der Waals surface area contributed by atoms with Gasteiger partial charge in [0.25, 0.3) is 0 Å². The van der Waals surface area contributed by atoms with E-state index in [1.807, 2.05) is 60.1 Å². The third-order valence-electron chi connectivity index (χ3n) is 4.97. The summed E-state index contributed by atoms with van der Waals surface area (Å²) in [5.41, 5.74) is 1.12. The maximum absolute atomic E-state index is 12.6. The van der Waals surface area contributed by atoms with E-state index in [2.05, 4.69) is 4.98 Å². The molecular formula is C19H26N4O2. The number of likely N-dealkylation sites (tertiary alicyclic amines) is 1. The van der Waals surface area contributed by atoms with E-state index in [0.29, 0.717) is 25.5 Å². The van der Waals surface area contributed by atoms with Crippen molar-refractivity contribution in [2.45, 2.75) is 25.5 Å². The number of piperidine rings is 1. The molecule has 0 spiro atoms. The highest BCUT2D eigenvalue weighted by Crippen LogP contribution is 2.30. The monoisotopic (exact) mass is 342 g/mol. The Labute approximate surface area is 148 Å². The van der Waals surface area contributed by atoms with Gasteiger partial charge >= 0.3 is 6.03 Å². The van der Waals surface area contributed by atoms with E-state index in [4.69, 9.17) is 0 Å². The molecule has 1 aromatic heterocycles. The van der Waals surface area contributed by atoms with Gasteiger partial charge in [-0.1, -0.05) is 30.3 Å². The fourth-order valence-electron chi connectivity index (χ4n) is 3.45. The number of carbonyl (C=O) groups is 1. The van der Waals surface area contributed by atoms with Gasteiger partial charge in [-0.25, -0.2) is 9.78 Å².